The fraction of sp³-hybridized carbons (Fsp3) is 0.250. The highest BCUT2D eigenvalue weighted by atomic mass is 16.4. The molecule has 0 aromatic carbocycles. The smallest absolute Gasteiger partial charge is 0.337 e. The molecule has 0 amide bonds. The largest absolute Gasteiger partial charge is 0.478 e. The molecule has 5 heteroatoms. The molecule has 0 atom stereocenters. The molecule has 0 spiro atoms. The first-order valence-electron chi connectivity index (χ1n) is 5.25. The van der Waals surface area contributed by atoms with Crippen molar-refractivity contribution in [3.8, 4) is 0 Å². The molecule has 0 saturated heterocycles. The van der Waals surface area contributed by atoms with Crippen LogP contribution < -0.4 is 0 Å². The van der Waals surface area contributed by atoms with Crippen LogP contribution in [0.3, 0.4) is 0 Å². The molecule has 0 aliphatic rings. The quantitative estimate of drug-likeness (QED) is 0.821. The van der Waals surface area contributed by atoms with Gasteiger partial charge in [0.05, 0.1) is 11.1 Å². The number of fused-ring (bicyclic) bond motifs is 1. The first-order valence-corrected chi connectivity index (χ1v) is 5.25. The van der Waals surface area contributed by atoms with E-state index in [9.17, 15) is 9.59 Å². The van der Waals surface area contributed by atoms with Gasteiger partial charge in [0, 0.05) is 12.1 Å². The van der Waals surface area contributed by atoms with Gasteiger partial charge < -0.3 is 9.51 Å². The molecule has 5 nitrogen and oxygen atoms in total. The average molecular weight is 232 g/mol. The molecular formula is C12H12N2O3. The third-order valence-electron chi connectivity index (χ3n) is 2.57. The highest BCUT2D eigenvalue weighted by Gasteiger charge is 2.14. The molecule has 1 N–H and O–H groups in total. The summed E-state index contributed by atoms with van der Waals surface area (Å²) in [5.41, 5.74) is 1.15. The third kappa shape index (κ3) is 1.80. The van der Waals surface area contributed by atoms with E-state index in [2.05, 4.69) is 4.98 Å². The van der Waals surface area contributed by atoms with Crippen molar-refractivity contribution in [2.24, 2.45) is 0 Å². The summed E-state index contributed by atoms with van der Waals surface area (Å²) in [4.78, 5) is 26.0. The Labute approximate surface area is 97.7 Å². The van der Waals surface area contributed by atoms with Crippen molar-refractivity contribution in [3.63, 3.8) is 0 Å². The summed E-state index contributed by atoms with van der Waals surface area (Å²) in [6.45, 7) is 3.88. The average Bonchev–Trinajstić information content (AvgIpc) is 2.66. The Balaban J connectivity index is 2.77. The van der Waals surface area contributed by atoms with Gasteiger partial charge in [-0.05, 0) is 12.1 Å². The number of aromatic nitrogens is 2. The first-order chi connectivity index (χ1) is 8.04. The van der Waals surface area contributed by atoms with Crippen molar-refractivity contribution in [2.45, 2.75) is 19.8 Å². The normalized spacial score (nSPS) is 11.0. The molecule has 0 unspecified atom stereocenters. The van der Waals surface area contributed by atoms with Crippen LogP contribution in [0.1, 0.15) is 46.4 Å². The first kappa shape index (κ1) is 11.3. The maximum absolute atomic E-state index is 10.9. The Morgan fingerprint density at radius 2 is 2.18 bits per heavy atom. The standard InChI is InChI=1S/C12H12N2O3/c1-7(2)11-13-9(6-15)10-4-3-8(12(16)17)5-14(10)11/h3-7H,1-2H3,(H,16,17). The number of nitrogens with zero attached hydrogens (tertiary/aromatic N) is 2. The van der Waals surface area contributed by atoms with Crippen molar-refractivity contribution >= 4 is 17.8 Å². The van der Waals surface area contributed by atoms with Gasteiger partial charge in [-0.25, -0.2) is 9.78 Å². The minimum atomic E-state index is -0.997. The van der Waals surface area contributed by atoms with E-state index in [1.807, 2.05) is 13.8 Å². The SMILES string of the molecule is CC(C)c1nc(C=O)c2ccc(C(=O)O)cn12. The number of pyridine rings is 1. The number of carboxylic acid groups (broad SMARTS) is 1. The van der Waals surface area contributed by atoms with Crippen LogP contribution in [0.15, 0.2) is 18.3 Å². The zero-order valence-electron chi connectivity index (χ0n) is 9.54. The summed E-state index contributed by atoms with van der Waals surface area (Å²) < 4.78 is 1.66. The third-order valence-corrected chi connectivity index (χ3v) is 2.57. The van der Waals surface area contributed by atoms with E-state index in [-0.39, 0.29) is 11.5 Å². The van der Waals surface area contributed by atoms with Crippen molar-refractivity contribution in [3.05, 3.63) is 35.4 Å². The predicted octanol–water partition coefficient (Wildman–Crippen LogP) is 1.97. The minimum Gasteiger partial charge on any atom is -0.478 e. The van der Waals surface area contributed by atoms with Crippen molar-refractivity contribution in [2.75, 3.05) is 0 Å². The van der Waals surface area contributed by atoms with Crippen LogP contribution in [0.5, 0.6) is 0 Å². The molecule has 2 aromatic heterocycles. The van der Waals surface area contributed by atoms with E-state index in [1.165, 1.54) is 12.3 Å². The van der Waals surface area contributed by atoms with Crippen LogP contribution in [-0.4, -0.2) is 26.7 Å². The van der Waals surface area contributed by atoms with Gasteiger partial charge in [-0.3, -0.25) is 4.79 Å². The second-order valence-electron chi connectivity index (χ2n) is 4.11. The Bertz CT molecular complexity index is 599. The van der Waals surface area contributed by atoms with Crippen molar-refractivity contribution in [1.29, 1.82) is 0 Å². The summed E-state index contributed by atoms with van der Waals surface area (Å²) in [5.74, 6) is -0.201. The Kier molecular flexibility index (Phi) is 2.67. The fourth-order valence-electron chi connectivity index (χ4n) is 1.75. The van der Waals surface area contributed by atoms with Crippen LogP contribution in [-0.2, 0) is 0 Å². The molecule has 0 radical (unpaired) electrons. The molecule has 0 bridgehead atoms. The van der Waals surface area contributed by atoms with Crippen LogP contribution >= 0.6 is 0 Å². The monoisotopic (exact) mass is 232 g/mol. The van der Waals surface area contributed by atoms with E-state index >= 15 is 0 Å². The summed E-state index contributed by atoms with van der Waals surface area (Å²) in [5, 5.41) is 8.93. The van der Waals surface area contributed by atoms with Crippen LogP contribution in [0.2, 0.25) is 0 Å². The van der Waals surface area contributed by atoms with Crippen LogP contribution in [0.25, 0.3) is 5.52 Å². The Morgan fingerprint density at radius 1 is 1.47 bits per heavy atom. The number of carbonyl (C=O) groups is 2. The summed E-state index contributed by atoms with van der Waals surface area (Å²) in [6, 6.07) is 3.07. The van der Waals surface area contributed by atoms with Gasteiger partial charge in [0.15, 0.2) is 6.29 Å². The lowest BCUT2D eigenvalue weighted by Crippen LogP contribution is -2.02. The number of carbonyl (C=O) groups excluding carboxylic acids is 1. The summed E-state index contributed by atoms with van der Waals surface area (Å²) >= 11 is 0. The second kappa shape index (κ2) is 4.01. The lowest BCUT2D eigenvalue weighted by Gasteiger charge is -2.04. The van der Waals surface area contributed by atoms with E-state index in [0.717, 1.165) is 0 Å². The number of imidazole rings is 1. The summed E-state index contributed by atoms with van der Waals surface area (Å²) in [7, 11) is 0. The van der Waals surface area contributed by atoms with Crippen molar-refractivity contribution in [1.82, 2.24) is 9.38 Å². The van der Waals surface area contributed by atoms with Crippen molar-refractivity contribution < 1.29 is 14.7 Å². The number of carboxylic acids is 1. The molecule has 2 heterocycles. The molecule has 2 rings (SSSR count). The Morgan fingerprint density at radius 3 is 2.71 bits per heavy atom. The molecular weight excluding hydrogens is 220 g/mol. The lowest BCUT2D eigenvalue weighted by molar-refractivity contribution is 0.0696. The number of hydrogen-bond donors (Lipinski definition) is 1. The second-order valence-corrected chi connectivity index (χ2v) is 4.11. The number of aromatic carboxylic acids is 1. The molecule has 0 aliphatic heterocycles. The van der Waals surface area contributed by atoms with E-state index in [1.54, 1.807) is 10.5 Å². The molecule has 17 heavy (non-hydrogen) atoms. The Hall–Kier alpha value is -2.17. The van der Waals surface area contributed by atoms with Gasteiger partial charge in [-0.1, -0.05) is 13.8 Å². The van der Waals surface area contributed by atoms with Gasteiger partial charge in [0.2, 0.25) is 0 Å². The van der Waals surface area contributed by atoms with E-state index < -0.39 is 5.97 Å². The number of rotatable bonds is 3. The highest BCUT2D eigenvalue weighted by molar-refractivity contribution is 5.89. The fourth-order valence-corrected chi connectivity index (χ4v) is 1.75. The molecule has 0 fully saturated rings. The zero-order chi connectivity index (χ0) is 12.6. The summed E-state index contributed by atoms with van der Waals surface area (Å²) in [6.07, 6.45) is 2.18. The molecule has 0 aliphatic carbocycles. The van der Waals surface area contributed by atoms with Gasteiger partial charge >= 0.3 is 5.97 Å². The van der Waals surface area contributed by atoms with Crippen LogP contribution in [0, 0.1) is 0 Å². The van der Waals surface area contributed by atoms with Gasteiger partial charge in [-0.2, -0.15) is 0 Å². The molecule has 0 saturated carbocycles. The maximum atomic E-state index is 10.9. The number of aldehydes is 1. The molecule has 2 aromatic rings. The van der Waals surface area contributed by atoms with Gasteiger partial charge in [0.1, 0.15) is 11.5 Å². The van der Waals surface area contributed by atoms with E-state index in [4.69, 9.17) is 5.11 Å². The zero-order valence-corrected chi connectivity index (χ0v) is 9.54. The maximum Gasteiger partial charge on any atom is 0.337 e. The highest BCUT2D eigenvalue weighted by Crippen LogP contribution is 2.19. The topological polar surface area (TPSA) is 71.7 Å². The minimum absolute atomic E-state index is 0.111. The lowest BCUT2D eigenvalue weighted by atomic mass is 10.2. The molecule has 88 valence electrons. The van der Waals surface area contributed by atoms with Gasteiger partial charge in [-0.15, -0.1) is 0 Å². The van der Waals surface area contributed by atoms with Crippen LogP contribution in [0.4, 0.5) is 0 Å². The van der Waals surface area contributed by atoms with Gasteiger partial charge in [0.25, 0.3) is 0 Å². The predicted molar refractivity (Wildman–Crippen MR) is 61.6 cm³/mol. The van der Waals surface area contributed by atoms with E-state index in [0.29, 0.717) is 23.3 Å². The number of hydrogen-bond acceptors (Lipinski definition) is 3.